The first-order valence-electron chi connectivity index (χ1n) is 9.35. The van der Waals surface area contributed by atoms with Crippen LogP contribution in [0.4, 0.5) is 0 Å². The molecular formula is C23H21BO3. The molecule has 1 aliphatic carbocycles. The highest BCUT2D eigenvalue weighted by atomic mass is 16.7. The van der Waals surface area contributed by atoms with E-state index in [1.54, 1.807) is 0 Å². The van der Waals surface area contributed by atoms with Crippen molar-refractivity contribution in [3.63, 3.8) is 0 Å². The number of hydrogen-bond donors (Lipinski definition) is 0. The zero-order chi connectivity index (χ0) is 19.0. The Morgan fingerprint density at radius 1 is 0.704 bits per heavy atom. The third-order valence-corrected chi connectivity index (χ3v) is 6.29. The third-order valence-electron chi connectivity index (χ3n) is 6.29. The van der Waals surface area contributed by atoms with Crippen molar-refractivity contribution < 1.29 is 14.1 Å². The van der Waals surface area contributed by atoms with Crippen LogP contribution >= 0.6 is 0 Å². The quantitative estimate of drug-likeness (QED) is 0.476. The van der Waals surface area contributed by atoms with Crippen LogP contribution in [-0.2, 0) is 9.31 Å². The third kappa shape index (κ3) is 2.20. The van der Waals surface area contributed by atoms with Crippen molar-refractivity contribution in [2.75, 3.05) is 0 Å². The Morgan fingerprint density at radius 3 is 2.04 bits per heavy atom. The van der Waals surface area contributed by atoms with E-state index >= 15 is 0 Å². The van der Waals surface area contributed by atoms with Crippen LogP contribution in [0.5, 0.6) is 0 Å². The first kappa shape index (κ1) is 16.7. The Balaban J connectivity index is 1.76. The fourth-order valence-electron chi connectivity index (χ4n) is 4.08. The topological polar surface area (TPSA) is 35.5 Å². The zero-order valence-corrected chi connectivity index (χ0v) is 16.0. The maximum atomic E-state index is 13.1. The standard InChI is InChI=1S/C23H21BO3/c1-22(2)23(3,4)27-24(26-22)19-13-12-15-14-8-5-6-9-16(14)21(25)18-11-7-10-17(19)20(15)18/h5-13H,1-4H3. The van der Waals surface area contributed by atoms with Gasteiger partial charge in [0.1, 0.15) is 0 Å². The Kier molecular flexibility index (Phi) is 3.29. The predicted molar refractivity (Wildman–Crippen MR) is 109 cm³/mol. The number of carbonyl (C=O) groups is 1. The lowest BCUT2D eigenvalue weighted by molar-refractivity contribution is 0.00578. The minimum Gasteiger partial charge on any atom is -0.399 e. The summed E-state index contributed by atoms with van der Waals surface area (Å²) in [6, 6.07) is 17.9. The van der Waals surface area contributed by atoms with Gasteiger partial charge in [0.25, 0.3) is 0 Å². The van der Waals surface area contributed by atoms with E-state index in [4.69, 9.17) is 9.31 Å². The van der Waals surface area contributed by atoms with Gasteiger partial charge in [0.2, 0.25) is 0 Å². The Bertz CT molecular complexity index is 1100. The molecule has 1 saturated heterocycles. The number of carbonyl (C=O) groups excluding carboxylic acids is 1. The highest BCUT2D eigenvalue weighted by Gasteiger charge is 2.52. The van der Waals surface area contributed by atoms with Crippen LogP contribution in [0.1, 0.15) is 43.6 Å². The van der Waals surface area contributed by atoms with Gasteiger partial charge in [-0.05, 0) is 49.7 Å². The molecule has 0 atom stereocenters. The summed E-state index contributed by atoms with van der Waals surface area (Å²) < 4.78 is 12.6. The average Bonchev–Trinajstić information content (AvgIpc) is 2.86. The van der Waals surface area contributed by atoms with Crippen LogP contribution in [0.2, 0.25) is 0 Å². The summed E-state index contributed by atoms with van der Waals surface area (Å²) in [5.41, 5.74) is 3.77. The fraction of sp³-hybridized carbons (Fsp3) is 0.261. The molecule has 0 bridgehead atoms. The van der Waals surface area contributed by atoms with Crippen molar-refractivity contribution in [3.05, 3.63) is 65.7 Å². The molecule has 27 heavy (non-hydrogen) atoms. The molecule has 0 radical (unpaired) electrons. The molecule has 1 fully saturated rings. The maximum absolute atomic E-state index is 13.1. The Hall–Kier alpha value is -2.43. The molecule has 0 unspecified atom stereocenters. The minimum absolute atomic E-state index is 0.0785. The maximum Gasteiger partial charge on any atom is 0.495 e. The number of fused-ring (bicyclic) bond motifs is 2. The number of benzene rings is 3. The van der Waals surface area contributed by atoms with Gasteiger partial charge in [0.15, 0.2) is 5.78 Å². The molecule has 5 rings (SSSR count). The fourth-order valence-corrected chi connectivity index (χ4v) is 4.08. The first-order valence-corrected chi connectivity index (χ1v) is 9.35. The van der Waals surface area contributed by atoms with Crippen molar-refractivity contribution in [1.29, 1.82) is 0 Å². The van der Waals surface area contributed by atoms with E-state index in [9.17, 15) is 4.79 Å². The van der Waals surface area contributed by atoms with Gasteiger partial charge >= 0.3 is 7.12 Å². The molecule has 0 aromatic heterocycles. The number of ketones is 1. The molecule has 0 spiro atoms. The van der Waals surface area contributed by atoms with Crippen molar-refractivity contribution in [2.45, 2.75) is 38.9 Å². The van der Waals surface area contributed by atoms with Crippen LogP contribution in [0.15, 0.2) is 54.6 Å². The summed E-state index contributed by atoms with van der Waals surface area (Å²) in [4.78, 5) is 13.1. The molecule has 1 aliphatic heterocycles. The van der Waals surface area contributed by atoms with Crippen molar-refractivity contribution in [1.82, 2.24) is 0 Å². The Morgan fingerprint density at radius 2 is 1.33 bits per heavy atom. The summed E-state index contributed by atoms with van der Waals surface area (Å²) in [7, 11) is -0.452. The van der Waals surface area contributed by atoms with E-state index in [1.165, 1.54) is 0 Å². The van der Waals surface area contributed by atoms with E-state index in [-0.39, 0.29) is 5.78 Å². The minimum atomic E-state index is -0.452. The van der Waals surface area contributed by atoms with Gasteiger partial charge in [-0.3, -0.25) is 4.79 Å². The lowest BCUT2D eigenvalue weighted by Gasteiger charge is -2.32. The van der Waals surface area contributed by atoms with Gasteiger partial charge in [-0.1, -0.05) is 54.6 Å². The molecule has 0 amide bonds. The monoisotopic (exact) mass is 356 g/mol. The molecular weight excluding hydrogens is 335 g/mol. The average molecular weight is 356 g/mol. The van der Waals surface area contributed by atoms with E-state index < -0.39 is 18.3 Å². The van der Waals surface area contributed by atoms with E-state index in [2.05, 4.69) is 45.9 Å². The summed E-state index contributed by atoms with van der Waals surface area (Å²) in [6.07, 6.45) is 0. The smallest absolute Gasteiger partial charge is 0.399 e. The second-order valence-corrected chi connectivity index (χ2v) is 8.39. The van der Waals surface area contributed by atoms with E-state index in [0.717, 1.165) is 38.5 Å². The summed E-state index contributed by atoms with van der Waals surface area (Å²) in [6.45, 7) is 8.21. The van der Waals surface area contributed by atoms with Gasteiger partial charge in [0.05, 0.1) is 11.2 Å². The normalized spacial score (nSPS) is 19.4. The largest absolute Gasteiger partial charge is 0.495 e. The number of hydrogen-bond acceptors (Lipinski definition) is 3. The summed E-state index contributed by atoms with van der Waals surface area (Å²) in [5.74, 6) is 0.0785. The highest BCUT2D eigenvalue weighted by molar-refractivity contribution is 6.65. The van der Waals surface area contributed by atoms with Crippen molar-refractivity contribution in [3.8, 4) is 11.1 Å². The summed E-state index contributed by atoms with van der Waals surface area (Å²) >= 11 is 0. The van der Waals surface area contributed by atoms with Crippen LogP contribution in [0, 0.1) is 0 Å². The van der Waals surface area contributed by atoms with Crippen LogP contribution in [-0.4, -0.2) is 24.1 Å². The summed E-state index contributed by atoms with van der Waals surface area (Å²) in [5, 5.41) is 2.01. The lowest BCUT2D eigenvalue weighted by atomic mass is 9.72. The second-order valence-electron chi connectivity index (χ2n) is 8.39. The molecule has 3 aromatic carbocycles. The van der Waals surface area contributed by atoms with Crippen LogP contribution in [0.25, 0.3) is 21.9 Å². The molecule has 4 heteroatoms. The van der Waals surface area contributed by atoms with Gasteiger partial charge in [-0.25, -0.2) is 0 Å². The number of rotatable bonds is 1. The van der Waals surface area contributed by atoms with Gasteiger partial charge in [0, 0.05) is 16.5 Å². The molecule has 0 N–H and O–H groups in total. The van der Waals surface area contributed by atoms with E-state index in [1.807, 2.05) is 36.4 Å². The van der Waals surface area contributed by atoms with Crippen LogP contribution < -0.4 is 5.46 Å². The van der Waals surface area contributed by atoms with Crippen molar-refractivity contribution >= 4 is 29.1 Å². The van der Waals surface area contributed by atoms with Gasteiger partial charge < -0.3 is 9.31 Å². The van der Waals surface area contributed by atoms with E-state index in [0.29, 0.717) is 0 Å². The lowest BCUT2D eigenvalue weighted by Crippen LogP contribution is -2.41. The van der Waals surface area contributed by atoms with Crippen molar-refractivity contribution in [2.24, 2.45) is 0 Å². The highest BCUT2D eigenvalue weighted by Crippen LogP contribution is 2.41. The Labute approximate surface area is 159 Å². The second kappa shape index (κ2) is 5.31. The predicted octanol–water partition coefficient (Wildman–Crippen LogP) is 4.35. The molecule has 3 aromatic rings. The molecule has 0 saturated carbocycles. The molecule has 3 nitrogen and oxygen atoms in total. The molecule has 1 heterocycles. The SMILES string of the molecule is CC1(C)OB(c2ccc3c4c(cccc24)C(=O)c2ccccc2-3)OC1(C)C. The molecule has 134 valence electrons. The zero-order valence-electron chi connectivity index (χ0n) is 16.0. The van der Waals surface area contributed by atoms with Crippen LogP contribution in [0.3, 0.4) is 0 Å². The first-order chi connectivity index (χ1) is 12.8. The van der Waals surface area contributed by atoms with Gasteiger partial charge in [-0.15, -0.1) is 0 Å². The van der Waals surface area contributed by atoms with Gasteiger partial charge in [-0.2, -0.15) is 0 Å². The molecule has 2 aliphatic rings.